The van der Waals surface area contributed by atoms with Crippen molar-refractivity contribution in [3.05, 3.63) is 28.3 Å². The molecule has 1 aliphatic rings. The predicted octanol–water partition coefficient (Wildman–Crippen LogP) is 3.26. The molecule has 1 fully saturated rings. The molecule has 0 aromatic heterocycles. The van der Waals surface area contributed by atoms with Crippen LogP contribution in [-0.2, 0) is 6.42 Å². The fraction of sp³-hybridized carbons (Fsp3) is 0.417. The highest BCUT2D eigenvalue weighted by atomic mass is 35.5. The van der Waals surface area contributed by atoms with Gasteiger partial charge in [0.25, 0.3) is 0 Å². The highest BCUT2D eigenvalue weighted by Gasteiger charge is 2.25. The third-order valence-corrected chi connectivity index (χ3v) is 2.62. The summed E-state index contributed by atoms with van der Waals surface area (Å²) >= 11 is 6.11. The first-order valence-electron chi connectivity index (χ1n) is 5.03. The highest BCUT2D eigenvalue weighted by Crippen LogP contribution is 2.35. The van der Waals surface area contributed by atoms with Gasteiger partial charge in [-0.1, -0.05) is 17.7 Å². The summed E-state index contributed by atoms with van der Waals surface area (Å²) in [4.78, 5) is 0. The molecule has 1 aromatic rings. The molecule has 0 amide bonds. The maximum atomic E-state index is 8.73. The number of aryl methyl sites for hydroxylation is 1. The Labute approximate surface area is 94.4 Å². The molecule has 0 saturated heterocycles. The van der Waals surface area contributed by atoms with Crippen LogP contribution in [0.25, 0.3) is 0 Å². The fourth-order valence-electron chi connectivity index (χ4n) is 1.50. The predicted molar refractivity (Wildman–Crippen MR) is 59.2 cm³/mol. The molecule has 15 heavy (non-hydrogen) atoms. The van der Waals surface area contributed by atoms with Gasteiger partial charge in [-0.15, -0.1) is 0 Å². The normalized spacial score (nSPS) is 14.7. The fourth-order valence-corrected chi connectivity index (χ4v) is 1.84. The lowest BCUT2D eigenvalue weighted by molar-refractivity contribution is 0.300. The summed E-state index contributed by atoms with van der Waals surface area (Å²) in [7, 11) is 0. The van der Waals surface area contributed by atoms with Crippen molar-refractivity contribution in [2.24, 2.45) is 0 Å². The summed E-state index contributed by atoms with van der Waals surface area (Å²) < 4.78 is 5.71. The van der Waals surface area contributed by atoms with Gasteiger partial charge in [0, 0.05) is 5.56 Å². The van der Waals surface area contributed by atoms with Crippen molar-refractivity contribution in [3.63, 3.8) is 0 Å². The Hall–Kier alpha value is -1.20. The van der Waals surface area contributed by atoms with E-state index in [0.29, 0.717) is 23.3 Å². The second kappa shape index (κ2) is 4.12. The number of hydrogen-bond acceptors (Lipinski definition) is 2. The number of rotatable bonds is 3. The zero-order valence-corrected chi connectivity index (χ0v) is 9.34. The number of benzene rings is 1. The first-order chi connectivity index (χ1) is 7.20. The van der Waals surface area contributed by atoms with E-state index in [9.17, 15) is 0 Å². The van der Waals surface area contributed by atoms with E-state index >= 15 is 0 Å². The van der Waals surface area contributed by atoms with Crippen LogP contribution in [0, 0.1) is 18.3 Å². The van der Waals surface area contributed by atoms with Crippen LogP contribution in [0.15, 0.2) is 12.1 Å². The molecule has 1 saturated carbocycles. The molecular formula is C12H12ClNO. The van der Waals surface area contributed by atoms with E-state index in [1.165, 1.54) is 0 Å². The summed E-state index contributed by atoms with van der Waals surface area (Å²) in [5.41, 5.74) is 1.96. The van der Waals surface area contributed by atoms with Crippen molar-refractivity contribution in [1.82, 2.24) is 0 Å². The monoisotopic (exact) mass is 221 g/mol. The van der Waals surface area contributed by atoms with Crippen LogP contribution in [-0.4, -0.2) is 6.10 Å². The van der Waals surface area contributed by atoms with Crippen LogP contribution >= 0.6 is 11.6 Å². The standard InChI is InChI=1S/C12H12ClNO/c1-8-6-9(4-5-14)12(11(13)7-8)15-10-2-3-10/h6-7,10H,2-4H2,1H3. The number of hydrogen-bond donors (Lipinski definition) is 0. The Morgan fingerprint density at radius 2 is 2.27 bits per heavy atom. The third-order valence-electron chi connectivity index (χ3n) is 2.34. The van der Waals surface area contributed by atoms with E-state index in [2.05, 4.69) is 6.07 Å². The lowest BCUT2D eigenvalue weighted by Gasteiger charge is -2.11. The first kappa shape index (κ1) is 10.3. The Kier molecular flexibility index (Phi) is 2.83. The average Bonchev–Trinajstić information content (AvgIpc) is 2.95. The lowest BCUT2D eigenvalue weighted by atomic mass is 10.1. The molecule has 0 heterocycles. The largest absolute Gasteiger partial charge is 0.489 e. The minimum Gasteiger partial charge on any atom is -0.489 e. The van der Waals surface area contributed by atoms with Gasteiger partial charge < -0.3 is 4.74 Å². The van der Waals surface area contributed by atoms with E-state index < -0.39 is 0 Å². The molecule has 0 bridgehead atoms. The first-order valence-corrected chi connectivity index (χ1v) is 5.41. The summed E-state index contributed by atoms with van der Waals surface area (Å²) in [6.45, 7) is 1.97. The summed E-state index contributed by atoms with van der Waals surface area (Å²) in [6.07, 6.45) is 2.85. The van der Waals surface area contributed by atoms with Crippen LogP contribution in [0.3, 0.4) is 0 Å². The van der Waals surface area contributed by atoms with Crippen LogP contribution in [0.1, 0.15) is 24.0 Å². The number of nitriles is 1. The van der Waals surface area contributed by atoms with Crippen molar-refractivity contribution < 1.29 is 4.74 Å². The van der Waals surface area contributed by atoms with Gasteiger partial charge in [-0.3, -0.25) is 0 Å². The topological polar surface area (TPSA) is 33.0 Å². The van der Waals surface area contributed by atoms with Crippen LogP contribution in [0.4, 0.5) is 0 Å². The highest BCUT2D eigenvalue weighted by molar-refractivity contribution is 6.32. The Morgan fingerprint density at radius 1 is 1.53 bits per heavy atom. The lowest BCUT2D eigenvalue weighted by Crippen LogP contribution is -2.01. The minimum absolute atomic E-state index is 0.308. The van der Waals surface area contributed by atoms with E-state index in [1.54, 1.807) is 0 Å². The SMILES string of the molecule is Cc1cc(Cl)c(OC2CC2)c(CC#N)c1. The molecule has 0 N–H and O–H groups in total. The minimum atomic E-state index is 0.308. The van der Waals surface area contributed by atoms with Gasteiger partial charge in [0.05, 0.1) is 23.6 Å². The van der Waals surface area contributed by atoms with Crippen LogP contribution in [0.5, 0.6) is 5.75 Å². The van der Waals surface area contributed by atoms with E-state index in [0.717, 1.165) is 24.0 Å². The van der Waals surface area contributed by atoms with Crippen LogP contribution in [0.2, 0.25) is 5.02 Å². The molecule has 2 rings (SSSR count). The Balaban J connectivity index is 2.34. The molecule has 0 unspecified atom stereocenters. The third kappa shape index (κ3) is 2.43. The molecule has 2 nitrogen and oxygen atoms in total. The van der Waals surface area contributed by atoms with Gasteiger partial charge in [0.2, 0.25) is 0 Å². The van der Waals surface area contributed by atoms with Gasteiger partial charge in [0.15, 0.2) is 0 Å². The summed E-state index contributed by atoms with van der Waals surface area (Å²) in [5.74, 6) is 0.700. The number of ether oxygens (including phenoxy) is 1. The van der Waals surface area contributed by atoms with Gasteiger partial charge in [-0.2, -0.15) is 5.26 Å². The molecule has 1 aliphatic carbocycles. The summed E-state index contributed by atoms with van der Waals surface area (Å²) in [5, 5.41) is 9.34. The number of nitrogens with zero attached hydrogens (tertiary/aromatic N) is 1. The van der Waals surface area contributed by atoms with Crippen molar-refractivity contribution >= 4 is 11.6 Å². The second-order valence-corrected chi connectivity index (χ2v) is 4.29. The smallest absolute Gasteiger partial charge is 0.142 e. The zero-order chi connectivity index (χ0) is 10.8. The van der Waals surface area contributed by atoms with Gasteiger partial charge in [-0.25, -0.2) is 0 Å². The second-order valence-electron chi connectivity index (χ2n) is 3.89. The maximum Gasteiger partial charge on any atom is 0.142 e. The molecule has 0 radical (unpaired) electrons. The van der Waals surface area contributed by atoms with Crippen LogP contribution < -0.4 is 4.74 Å². The maximum absolute atomic E-state index is 8.73. The zero-order valence-electron chi connectivity index (χ0n) is 8.59. The number of halogens is 1. The van der Waals surface area contributed by atoms with E-state index in [-0.39, 0.29) is 0 Å². The van der Waals surface area contributed by atoms with Gasteiger partial charge >= 0.3 is 0 Å². The summed E-state index contributed by atoms with van der Waals surface area (Å²) in [6, 6.07) is 5.97. The molecule has 0 aliphatic heterocycles. The van der Waals surface area contributed by atoms with E-state index in [1.807, 2.05) is 19.1 Å². The van der Waals surface area contributed by atoms with Crippen molar-refractivity contribution in [2.75, 3.05) is 0 Å². The van der Waals surface area contributed by atoms with Crippen molar-refractivity contribution in [2.45, 2.75) is 32.3 Å². The Morgan fingerprint density at radius 3 is 2.87 bits per heavy atom. The molecule has 0 spiro atoms. The quantitative estimate of drug-likeness (QED) is 0.785. The van der Waals surface area contributed by atoms with Crippen molar-refractivity contribution in [3.8, 4) is 11.8 Å². The molecular weight excluding hydrogens is 210 g/mol. The Bertz CT molecular complexity index is 418. The molecule has 3 heteroatoms. The van der Waals surface area contributed by atoms with E-state index in [4.69, 9.17) is 21.6 Å². The average molecular weight is 222 g/mol. The molecule has 78 valence electrons. The molecule has 0 atom stereocenters. The van der Waals surface area contributed by atoms with Gasteiger partial charge in [-0.05, 0) is 31.4 Å². The van der Waals surface area contributed by atoms with Gasteiger partial charge in [0.1, 0.15) is 5.75 Å². The van der Waals surface area contributed by atoms with Crippen molar-refractivity contribution in [1.29, 1.82) is 5.26 Å². The molecule has 1 aromatic carbocycles.